The first-order chi connectivity index (χ1) is 11.5. The zero-order valence-electron chi connectivity index (χ0n) is 13.2. The van der Waals surface area contributed by atoms with Gasteiger partial charge < -0.3 is 15.2 Å². The van der Waals surface area contributed by atoms with E-state index in [0.29, 0.717) is 11.6 Å². The van der Waals surface area contributed by atoms with E-state index in [1.165, 1.54) is 23.8 Å². The molecule has 0 spiro atoms. The number of para-hydroxylation sites is 1. The van der Waals surface area contributed by atoms with Gasteiger partial charge in [0, 0.05) is 11.4 Å². The molecule has 0 saturated heterocycles. The van der Waals surface area contributed by atoms with Crippen molar-refractivity contribution in [3.05, 3.63) is 40.9 Å². The number of carbonyl (C=O) groups is 2. The molecule has 2 atom stereocenters. The second kappa shape index (κ2) is 6.48. The lowest BCUT2D eigenvalue weighted by Gasteiger charge is -2.38. The molecule has 7 nitrogen and oxygen atoms in total. The maximum Gasteiger partial charge on any atom is 0.414 e. The summed E-state index contributed by atoms with van der Waals surface area (Å²) in [4.78, 5) is 28.8. The fourth-order valence-corrected chi connectivity index (χ4v) is 3.65. The summed E-state index contributed by atoms with van der Waals surface area (Å²) in [5.74, 6) is -1.05. The fraction of sp³-hybridized carbons (Fsp3) is 0.312. The summed E-state index contributed by atoms with van der Waals surface area (Å²) in [6.45, 7) is 1.95. The molecule has 0 unspecified atom stereocenters. The number of thiazole rings is 1. The summed E-state index contributed by atoms with van der Waals surface area (Å²) in [6, 6.07) is 7.47. The van der Waals surface area contributed by atoms with Gasteiger partial charge in [-0.1, -0.05) is 18.2 Å². The van der Waals surface area contributed by atoms with Crippen LogP contribution in [0.1, 0.15) is 35.4 Å². The zero-order valence-corrected chi connectivity index (χ0v) is 14.0. The SMILES string of the molecule is COC(=O)N1c2ccccc2[C@@H](Nc2nc(C(=O)O)cs2)C[C@H]1C. The lowest BCUT2D eigenvalue weighted by molar-refractivity contribution is 0.0691. The lowest BCUT2D eigenvalue weighted by Crippen LogP contribution is -2.44. The van der Waals surface area contributed by atoms with Crippen molar-refractivity contribution < 1.29 is 19.4 Å². The van der Waals surface area contributed by atoms with Crippen LogP contribution in [0.2, 0.25) is 0 Å². The molecule has 1 aliphatic heterocycles. The molecule has 8 heteroatoms. The quantitative estimate of drug-likeness (QED) is 0.884. The van der Waals surface area contributed by atoms with Gasteiger partial charge in [-0.3, -0.25) is 4.90 Å². The van der Waals surface area contributed by atoms with Crippen molar-refractivity contribution in [2.45, 2.75) is 25.4 Å². The number of carbonyl (C=O) groups excluding carboxylic acids is 1. The molecule has 1 aromatic heterocycles. The number of nitrogens with one attached hydrogen (secondary N) is 1. The number of hydrogen-bond donors (Lipinski definition) is 2. The normalized spacial score (nSPS) is 19.5. The molecule has 1 aromatic carbocycles. The number of ether oxygens (including phenoxy) is 1. The van der Waals surface area contributed by atoms with Gasteiger partial charge >= 0.3 is 12.1 Å². The average Bonchev–Trinajstić information content (AvgIpc) is 3.03. The summed E-state index contributed by atoms with van der Waals surface area (Å²) in [6.07, 6.45) is 0.268. The first kappa shape index (κ1) is 16.3. The van der Waals surface area contributed by atoms with E-state index < -0.39 is 12.1 Å². The molecule has 2 aromatic rings. The van der Waals surface area contributed by atoms with Crippen molar-refractivity contribution in [1.29, 1.82) is 0 Å². The van der Waals surface area contributed by atoms with E-state index in [9.17, 15) is 9.59 Å². The van der Waals surface area contributed by atoms with Crippen LogP contribution in [-0.2, 0) is 4.74 Å². The Morgan fingerprint density at radius 3 is 2.83 bits per heavy atom. The van der Waals surface area contributed by atoms with E-state index >= 15 is 0 Å². The molecule has 0 radical (unpaired) electrons. The number of hydrogen-bond acceptors (Lipinski definition) is 6. The number of methoxy groups -OCH3 is 1. The Bertz CT molecular complexity index is 776. The number of benzene rings is 1. The molecule has 2 N–H and O–H groups in total. The number of carboxylic acids is 1. The summed E-state index contributed by atoms with van der Waals surface area (Å²) in [5.41, 5.74) is 1.76. The molecule has 126 valence electrons. The molecule has 24 heavy (non-hydrogen) atoms. The van der Waals surface area contributed by atoms with E-state index in [-0.39, 0.29) is 17.8 Å². The van der Waals surface area contributed by atoms with Crippen molar-refractivity contribution in [2.24, 2.45) is 0 Å². The van der Waals surface area contributed by atoms with Gasteiger partial charge in [0.25, 0.3) is 0 Å². The number of rotatable bonds is 3. The number of aromatic carboxylic acids is 1. The van der Waals surface area contributed by atoms with Crippen molar-refractivity contribution in [1.82, 2.24) is 4.98 Å². The largest absolute Gasteiger partial charge is 0.476 e. The Morgan fingerprint density at radius 1 is 1.42 bits per heavy atom. The minimum absolute atomic E-state index is 0.0239. The van der Waals surface area contributed by atoms with E-state index in [1.807, 2.05) is 31.2 Å². The van der Waals surface area contributed by atoms with Crippen LogP contribution in [-0.4, -0.2) is 35.3 Å². The number of nitrogens with zero attached hydrogens (tertiary/aromatic N) is 2. The highest BCUT2D eigenvalue weighted by Crippen LogP contribution is 2.39. The average molecular weight is 347 g/mol. The standard InChI is InChI=1S/C16H17N3O4S/c1-9-7-11(17-15-18-12(8-24-15)14(20)21)10-5-3-4-6-13(10)19(9)16(22)23-2/h3-6,8-9,11H,7H2,1-2H3,(H,17,18)(H,20,21)/t9-,11+/m1/s1. The molecular weight excluding hydrogens is 330 g/mol. The van der Waals surface area contributed by atoms with Crippen LogP contribution in [0.15, 0.2) is 29.6 Å². The number of fused-ring (bicyclic) bond motifs is 1. The van der Waals surface area contributed by atoms with Gasteiger partial charge in [0.2, 0.25) is 0 Å². The molecule has 1 amide bonds. The fourth-order valence-electron chi connectivity index (χ4n) is 2.91. The minimum Gasteiger partial charge on any atom is -0.476 e. The van der Waals surface area contributed by atoms with Crippen molar-refractivity contribution in [3.63, 3.8) is 0 Å². The Hall–Kier alpha value is -2.61. The third-order valence-electron chi connectivity index (χ3n) is 3.98. The number of aromatic nitrogens is 1. The van der Waals surface area contributed by atoms with Gasteiger partial charge in [-0.05, 0) is 25.0 Å². The van der Waals surface area contributed by atoms with Gasteiger partial charge in [0.05, 0.1) is 18.8 Å². The first-order valence-electron chi connectivity index (χ1n) is 7.42. The topological polar surface area (TPSA) is 91.8 Å². The third kappa shape index (κ3) is 2.92. The Morgan fingerprint density at radius 2 is 2.17 bits per heavy atom. The van der Waals surface area contributed by atoms with Gasteiger partial charge in [-0.15, -0.1) is 11.3 Å². The molecule has 0 fully saturated rings. The van der Waals surface area contributed by atoms with Crippen molar-refractivity contribution in [2.75, 3.05) is 17.3 Å². The van der Waals surface area contributed by atoms with Crippen LogP contribution < -0.4 is 10.2 Å². The second-order valence-corrected chi connectivity index (χ2v) is 6.38. The number of amides is 1. The monoisotopic (exact) mass is 347 g/mol. The van der Waals surface area contributed by atoms with E-state index in [0.717, 1.165) is 11.3 Å². The Labute approximate surface area is 142 Å². The summed E-state index contributed by atoms with van der Waals surface area (Å²) >= 11 is 1.25. The van der Waals surface area contributed by atoms with Gasteiger partial charge in [-0.25, -0.2) is 14.6 Å². The second-order valence-electron chi connectivity index (χ2n) is 5.52. The summed E-state index contributed by atoms with van der Waals surface area (Å²) in [7, 11) is 1.37. The van der Waals surface area contributed by atoms with Crippen molar-refractivity contribution in [3.8, 4) is 0 Å². The maximum atomic E-state index is 12.1. The predicted octanol–water partition coefficient (Wildman–Crippen LogP) is 3.36. The highest BCUT2D eigenvalue weighted by molar-refractivity contribution is 7.13. The van der Waals surface area contributed by atoms with E-state index in [2.05, 4.69) is 10.3 Å². The number of carboxylic acid groups (broad SMARTS) is 1. The Balaban J connectivity index is 1.91. The maximum absolute atomic E-state index is 12.1. The van der Waals surface area contributed by atoms with E-state index in [4.69, 9.17) is 9.84 Å². The smallest absolute Gasteiger partial charge is 0.414 e. The van der Waals surface area contributed by atoms with E-state index in [1.54, 1.807) is 4.90 Å². The highest BCUT2D eigenvalue weighted by Gasteiger charge is 2.34. The van der Waals surface area contributed by atoms with Crippen LogP contribution in [0.4, 0.5) is 15.6 Å². The van der Waals surface area contributed by atoms with Crippen LogP contribution in [0.3, 0.4) is 0 Å². The molecule has 0 aliphatic carbocycles. The van der Waals surface area contributed by atoms with Crippen molar-refractivity contribution >= 4 is 34.2 Å². The van der Waals surface area contributed by atoms with Crippen LogP contribution >= 0.6 is 11.3 Å². The Kier molecular flexibility index (Phi) is 4.39. The summed E-state index contributed by atoms with van der Waals surface area (Å²) < 4.78 is 4.89. The molecule has 0 saturated carbocycles. The zero-order chi connectivity index (χ0) is 17.3. The van der Waals surface area contributed by atoms with Crippen LogP contribution in [0.5, 0.6) is 0 Å². The van der Waals surface area contributed by atoms with Gasteiger partial charge in [0.15, 0.2) is 10.8 Å². The molecule has 0 bridgehead atoms. The van der Waals surface area contributed by atoms with Gasteiger partial charge in [0.1, 0.15) is 0 Å². The lowest BCUT2D eigenvalue weighted by atomic mass is 9.92. The molecular formula is C16H17N3O4S. The first-order valence-corrected chi connectivity index (χ1v) is 8.30. The van der Waals surface area contributed by atoms with Crippen LogP contribution in [0.25, 0.3) is 0 Å². The molecule has 3 rings (SSSR count). The number of anilines is 2. The van der Waals surface area contributed by atoms with Gasteiger partial charge in [-0.2, -0.15) is 0 Å². The third-order valence-corrected chi connectivity index (χ3v) is 4.76. The summed E-state index contributed by atoms with van der Waals surface area (Å²) in [5, 5.41) is 14.3. The highest BCUT2D eigenvalue weighted by atomic mass is 32.1. The molecule has 2 heterocycles. The predicted molar refractivity (Wildman–Crippen MR) is 90.8 cm³/mol. The minimum atomic E-state index is -1.05. The van der Waals surface area contributed by atoms with Crippen LogP contribution in [0, 0.1) is 0 Å². The molecule has 1 aliphatic rings.